The number of hydrogen-bond donors (Lipinski definition) is 0. The third kappa shape index (κ3) is 10.8. The van der Waals surface area contributed by atoms with Gasteiger partial charge >= 0.3 is 35.8 Å². The van der Waals surface area contributed by atoms with Crippen LogP contribution in [0.25, 0.3) is 6.08 Å². The Kier molecular flexibility index (Phi) is 11.8. The number of ether oxygens (including phenoxy) is 6. The molecule has 2 atom stereocenters. The molecule has 0 heterocycles. The molecule has 1 unspecified atom stereocenters. The van der Waals surface area contributed by atoms with E-state index in [0.29, 0.717) is 24.0 Å². The van der Waals surface area contributed by atoms with Crippen LogP contribution in [-0.4, -0.2) is 48.0 Å². The summed E-state index contributed by atoms with van der Waals surface area (Å²) >= 11 is 0. The van der Waals surface area contributed by atoms with E-state index in [-0.39, 0.29) is 23.0 Å². The highest BCUT2D eigenvalue weighted by molar-refractivity contribution is 5.90. The number of esters is 6. The Labute approximate surface area is 253 Å². The molecule has 0 amide bonds. The van der Waals surface area contributed by atoms with Crippen LogP contribution < -0.4 is 18.9 Å². The minimum Gasteiger partial charge on any atom is -0.455 e. The van der Waals surface area contributed by atoms with Crippen molar-refractivity contribution >= 4 is 41.9 Å². The van der Waals surface area contributed by atoms with Gasteiger partial charge in [0.05, 0.1) is 0 Å². The summed E-state index contributed by atoms with van der Waals surface area (Å²) in [6.07, 6.45) is 3.64. The van der Waals surface area contributed by atoms with Crippen LogP contribution in [0.2, 0.25) is 0 Å². The zero-order valence-corrected chi connectivity index (χ0v) is 24.5. The topological polar surface area (TPSA) is 158 Å². The van der Waals surface area contributed by atoms with E-state index < -0.39 is 48.0 Å². The van der Waals surface area contributed by atoms with Gasteiger partial charge in [-0.3, -0.25) is 19.2 Å². The second-order valence-corrected chi connectivity index (χ2v) is 9.53. The standard InChI is InChI=1S/C32H30O12/c1-19(33)39-27-13-9-23(17-29(27)41-21(3)35)11-15-31(37)43-25-7-5-6-8-26(25)44-32(38)16-12-24-10-14-28(40-20(2)34)30(18-24)42-22(4)36/h9-11,13-15,17-18,25-26H,5-8H2,1-4H3/b15-11+/t25-,26?/m0/s1. The lowest BCUT2D eigenvalue weighted by Gasteiger charge is -2.29. The van der Waals surface area contributed by atoms with Gasteiger partial charge in [-0.2, -0.15) is 0 Å². The van der Waals surface area contributed by atoms with Crippen LogP contribution in [-0.2, 0) is 38.2 Å². The second-order valence-electron chi connectivity index (χ2n) is 9.53. The van der Waals surface area contributed by atoms with E-state index in [1.165, 1.54) is 70.2 Å². The molecule has 230 valence electrons. The van der Waals surface area contributed by atoms with Gasteiger partial charge in [-0.1, -0.05) is 12.0 Å². The number of carbonyl (C=O) groups is 6. The van der Waals surface area contributed by atoms with E-state index in [0.717, 1.165) is 12.8 Å². The first-order chi connectivity index (χ1) is 20.9. The fraction of sp³-hybridized carbons (Fsp3) is 0.312. The molecule has 0 bridgehead atoms. The second kappa shape index (κ2) is 15.7. The van der Waals surface area contributed by atoms with Crippen LogP contribution in [0.15, 0.2) is 42.5 Å². The minimum absolute atomic E-state index is 0.00604. The van der Waals surface area contributed by atoms with Gasteiger partial charge < -0.3 is 28.4 Å². The summed E-state index contributed by atoms with van der Waals surface area (Å²) in [5.41, 5.74) is 0.761. The van der Waals surface area contributed by atoms with Crippen molar-refractivity contribution < 1.29 is 57.2 Å². The Balaban J connectivity index is 1.65. The van der Waals surface area contributed by atoms with E-state index in [1.54, 1.807) is 6.07 Å². The quantitative estimate of drug-likeness (QED) is 0.185. The third-order valence-electron chi connectivity index (χ3n) is 5.81. The van der Waals surface area contributed by atoms with E-state index in [2.05, 4.69) is 11.8 Å². The molecule has 44 heavy (non-hydrogen) atoms. The average molecular weight is 607 g/mol. The molecule has 0 N–H and O–H groups in total. The maximum atomic E-state index is 12.6. The van der Waals surface area contributed by atoms with Gasteiger partial charge in [-0.15, -0.1) is 0 Å². The van der Waals surface area contributed by atoms with Gasteiger partial charge in [0.1, 0.15) is 12.2 Å². The number of carbonyl (C=O) groups excluding carboxylic acids is 6. The predicted molar refractivity (Wildman–Crippen MR) is 152 cm³/mol. The van der Waals surface area contributed by atoms with Crippen molar-refractivity contribution in [2.24, 2.45) is 0 Å². The van der Waals surface area contributed by atoms with Gasteiger partial charge in [0.25, 0.3) is 0 Å². The van der Waals surface area contributed by atoms with Crippen LogP contribution in [0.5, 0.6) is 23.0 Å². The third-order valence-corrected chi connectivity index (χ3v) is 5.81. The molecule has 0 aromatic heterocycles. The van der Waals surface area contributed by atoms with Gasteiger partial charge in [0.15, 0.2) is 23.0 Å². The normalized spacial score (nSPS) is 15.6. The average Bonchev–Trinajstić information content (AvgIpc) is 2.93. The molecule has 1 fully saturated rings. The molecule has 0 saturated heterocycles. The minimum atomic E-state index is -0.850. The predicted octanol–water partition coefficient (Wildman–Crippen LogP) is 3.85. The molecule has 12 heteroatoms. The smallest absolute Gasteiger partial charge is 0.385 e. The molecular formula is C32H30O12. The van der Waals surface area contributed by atoms with E-state index in [9.17, 15) is 28.8 Å². The van der Waals surface area contributed by atoms with E-state index in [4.69, 9.17) is 28.4 Å². The molecule has 1 aliphatic rings. The number of benzene rings is 2. The lowest BCUT2D eigenvalue weighted by Crippen LogP contribution is -2.37. The van der Waals surface area contributed by atoms with Crippen molar-refractivity contribution in [2.75, 3.05) is 0 Å². The maximum absolute atomic E-state index is 12.6. The van der Waals surface area contributed by atoms with Crippen LogP contribution >= 0.6 is 0 Å². The fourth-order valence-corrected chi connectivity index (χ4v) is 4.14. The first kappa shape index (κ1) is 33.1. The summed E-state index contributed by atoms with van der Waals surface area (Å²) in [4.78, 5) is 70.6. The molecule has 0 spiro atoms. The highest BCUT2D eigenvalue weighted by Gasteiger charge is 2.30. The molecule has 1 aliphatic carbocycles. The van der Waals surface area contributed by atoms with Crippen molar-refractivity contribution in [1.82, 2.24) is 0 Å². The molecule has 2 aromatic carbocycles. The van der Waals surface area contributed by atoms with Gasteiger partial charge in [0.2, 0.25) is 0 Å². The van der Waals surface area contributed by atoms with Crippen molar-refractivity contribution in [3.8, 4) is 34.8 Å². The molecule has 12 nitrogen and oxygen atoms in total. The molecule has 0 radical (unpaired) electrons. The molecule has 3 rings (SSSR count). The molecular weight excluding hydrogens is 576 g/mol. The van der Waals surface area contributed by atoms with Crippen LogP contribution in [0.1, 0.15) is 64.5 Å². The van der Waals surface area contributed by atoms with E-state index >= 15 is 0 Å². The lowest BCUT2D eigenvalue weighted by atomic mass is 9.94. The van der Waals surface area contributed by atoms with Gasteiger partial charge in [-0.25, -0.2) is 9.59 Å². The Hall–Kier alpha value is -5.44. The SMILES string of the molecule is CC(=O)Oc1ccc(C#CC(=O)OC2CCCC[C@@H]2OC(=O)/C=C/c2ccc(OC(C)=O)c(OC(C)=O)c2)cc1OC(C)=O. The van der Waals surface area contributed by atoms with Gasteiger partial charge in [0, 0.05) is 51.3 Å². The van der Waals surface area contributed by atoms with Crippen molar-refractivity contribution in [2.45, 2.75) is 65.6 Å². The zero-order chi connectivity index (χ0) is 32.2. The summed E-state index contributed by atoms with van der Waals surface area (Å²) in [5.74, 6) is 1.01. The number of hydrogen-bond acceptors (Lipinski definition) is 12. The fourth-order valence-electron chi connectivity index (χ4n) is 4.14. The molecule has 0 aliphatic heterocycles. The Morgan fingerprint density at radius 1 is 0.659 bits per heavy atom. The van der Waals surface area contributed by atoms with Crippen molar-refractivity contribution in [1.29, 1.82) is 0 Å². The summed E-state index contributed by atoms with van der Waals surface area (Å²) in [6.45, 7) is 4.78. The summed E-state index contributed by atoms with van der Waals surface area (Å²) < 4.78 is 31.3. The zero-order valence-electron chi connectivity index (χ0n) is 24.5. The van der Waals surface area contributed by atoms with Crippen LogP contribution in [0.3, 0.4) is 0 Å². The molecule has 1 saturated carbocycles. The Morgan fingerprint density at radius 3 is 1.73 bits per heavy atom. The Bertz CT molecular complexity index is 1540. The Morgan fingerprint density at radius 2 is 1.16 bits per heavy atom. The monoisotopic (exact) mass is 606 g/mol. The summed E-state index contributed by atoms with van der Waals surface area (Å²) in [5, 5.41) is 0. The molecule has 2 aromatic rings. The highest BCUT2D eigenvalue weighted by Crippen LogP contribution is 2.30. The lowest BCUT2D eigenvalue weighted by molar-refractivity contribution is -0.164. The maximum Gasteiger partial charge on any atom is 0.385 e. The van der Waals surface area contributed by atoms with Crippen LogP contribution in [0.4, 0.5) is 0 Å². The first-order valence-electron chi connectivity index (χ1n) is 13.5. The largest absolute Gasteiger partial charge is 0.455 e. The van der Waals surface area contributed by atoms with E-state index in [1.807, 2.05) is 0 Å². The summed E-state index contributed by atoms with van der Waals surface area (Å²) in [7, 11) is 0. The summed E-state index contributed by atoms with van der Waals surface area (Å²) in [6, 6.07) is 8.60. The van der Waals surface area contributed by atoms with Crippen molar-refractivity contribution in [3.63, 3.8) is 0 Å². The van der Waals surface area contributed by atoms with Crippen molar-refractivity contribution in [3.05, 3.63) is 53.6 Å². The van der Waals surface area contributed by atoms with Gasteiger partial charge in [-0.05, 0) is 61.6 Å². The van der Waals surface area contributed by atoms with Crippen LogP contribution in [0, 0.1) is 11.8 Å². The highest BCUT2D eigenvalue weighted by atomic mass is 16.6. The first-order valence-corrected chi connectivity index (χ1v) is 13.5. The number of rotatable bonds is 8.